The van der Waals surface area contributed by atoms with Crippen molar-refractivity contribution >= 4 is 11.1 Å². The zero-order chi connectivity index (χ0) is 21.3. The third-order valence-corrected chi connectivity index (χ3v) is 5.47. The summed E-state index contributed by atoms with van der Waals surface area (Å²) >= 11 is 0. The molecule has 4 aromatic carbocycles. The summed E-state index contributed by atoms with van der Waals surface area (Å²) in [5, 5.41) is 4.64. The number of nitrogens with zero attached hydrogens (tertiary/aromatic N) is 4. The van der Waals surface area contributed by atoms with Gasteiger partial charge >= 0.3 is 0 Å². The maximum Gasteiger partial charge on any atom is 0.170 e. The van der Waals surface area contributed by atoms with Gasteiger partial charge < -0.3 is 4.42 Å². The van der Waals surface area contributed by atoms with Crippen molar-refractivity contribution in [1.82, 2.24) is 19.7 Å². The van der Waals surface area contributed by atoms with Crippen LogP contribution >= 0.6 is 0 Å². The van der Waals surface area contributed by atoms with Crippen LogP contribution in [0, 0.1) is 6.07 Å². The van der Waals surface area contributed by atoms with Gasteiger partial charge in [-0.2, -0.15) is 5.10 Å². The van der Waals surface area contributed by atoms with Crippen LogP contribution in [0.3, 0.4) is 0 Å². The first kappa shape index (κ1) is 21.0. The van der Waals surface area contributed by atoms with Gasteiger partial charge in [0.2, 0.25) is 0 Å². The summed E-state index contributed by atoms with van der Waals surface area (Å²) in [7, 11) is 0. The van der Waals surface area contributed by atoms with Gasteiger partial charge in [-0.25, -0.2) is 0 Å². The Hall–Kier alpha value is -3.86. The van der Waals surface area contributed by atoms with E-state index in [-0.39, 0.29) is 20.1 Å². The fraction of sp³-hybridized carbons (Fsp3) is 0. The zero-order valence-electron chi connectivity index (χ0n) is 17.3. The molecule has 0 aliphatic rings. The van der Waals surface area contributed by atoms with E-state index in [1.807, 2.05) is 53.2 Å². The Morgan fingerprint density at radius 3 is 2.09 bits per heavy atom. The van der Waals surface area contributed by atoms with Crippen molar-refractivity contribution in [3.8, 4) is 39.3 Å². The van der Waals surface area contributed by atoms with Crippen molar-refractivity contribution in [2.75, 3.05) is 0 Å². The van der Waals surface area contributed by atoms with Gasteiger partial charge in [-0.05, 0) is 11.1 Å². The number of rotatable bonds is 4. The third-order valence-electron chi connectivity index (χ3n) is 5.47. The molecule has 5 nitrogen and oxygen atoms in total. The minimum atomic E-state index is 0. The van der Waals surface area contributed by atoms with Gasteiger partial charge in [-0.15, -0.1) is 17.7 Å². The van der Waals surface area contributed by atoms with Crippen molar-refractivity contribution < 1.29 is 24.5 Å². The molecule has 0 aliphatic heterocycles. The van der Waals surface area contributed by atoms with E-state index in [1.54, 1.807) is 6.33 Å². The average molecular weight is 606 g/mol. The van der Waals surface area contributed by atoms with Gasteiger partial charge in [-0.1, -0.05) is 84.9 Å². The predicted molar refractivity (Wildman–Crippen MR) is 124 cm³/mol. The normalized spacial score (nSPS) is 10.8. The number of hydrogen-bond donors (Lipinski definition) is 0. The molecule has 0 amide bonds. The quantitative estimate of drug-likeness (QED) is 0.225. The smallest absolute Gasteiger partial charge is 0.170 e. The SMILES string of the molecule is [Ir].[c-]1cc2ncoc2cc1-c1ncnn1-c1c(-c2ccccc2)cccc1-c1ccccc1. The van der Waals surface area contributed by atoms with Gasteiger partial charge in [0, 0.05) is 36.7 Å². The van der Waals surface area contributed by atoms with E-state index in [0.29, 0.717) is 11.4 Å². The minimum Gasteiger partial charge on any atom is -0.464 e. The van der Waals surface area contributed by atoms with Crippen molar-refractivity contribution in [2.24, 2.45) is 0 Å². The van der Waals surface area contributed by atoms with Crippen molar-refractivity contribution in [3.05, 3.63) is 110 Å². The molecule has 0 saturated carbocycles. The summed E-state index contributed by atoms with van der Waals surface area (Å²) in [5.41, 5.74) is 7.55. The van der Waals surface area contributed by atoms with Gasteiger partial charge in [0.25, 0.3) is 0 Å². The summed E-state index contributed by atoms with van der Waals surface area (Å²) < 4.78 is 7.39. The van der Waals surface area contributed by atoms with Crippen LogP contribution in [0.15, 0.2) is 108 Å². The molecule has 2 aromatic heterocycles. The molecular formula is C27H17IrN4O-. The van der Waals surface area contributed by atoms with E-state index in [2.05, 4.69) is 63.6 Å². The van der Waals surface area contributed by atoms with Gasteiger partial charge in [-0.3, -0.25) is 14.6 Å². The maximum atomic E-state index is 5.50. The summed E-state index contributed by atoms with van der Waals surface area (Å²) in [6.07, 6.45) is 3.01. The molecule has 6 heteroatoms. The average Bonchev–Trinajstić information content (AvgIpc) is 3.54. The first-order chi connectivity index (χ1) is 15.9. The molecule has 0 atom stereocenters. The van der Waals surface area contributed by atoms with Crippen LogP contribution in [-0.4, -0.2) is 19.7 Å². The Morgan fingerprint density at radius 1 is 0.758 bits per heavy atom. The van der Waals surface area contributed by atoms with Crippen LogP contribution in [0.25, 0.3) is 50.4 Å². The molecule has 0 spiro atoms. The molecule has 6 rings (SSSR count). The van der Waals surface area contributed by atoms with Gasteiger partial charge in [0.05, 0.1) is 17.1 Å². The molecule has 0 saturated heterocycles. The van der Waals surface area contributed by atoms with Crippen LogP contribution in [0.1, 0.15) is 0 Å². The van der Waals surface area contributed by atoms with E-state index < -0.39 is 0 Å². The van der Waals surface area contributed by atoms with Gasteiger partial charge in [0.1, 0.15) is 6.33 Å². The Labute approximate surface area is 204 Å². The largest absolute Gasteiger partial charge is 0.464 e. The molecule has 2 heterocycles. The Bertz CT molecular complexity index is 1470. The molecule has 0 bridgehead atoms. The Balaban J connectivity index is 0.00000228. The van der Waals surface area contributed by atoms with Crippen molar-refractivity contribution in [3.63, 3.8) is 0 Å². The fourth-order valence-corrected chi connectivity index (χ4v) is 3.99. The summed E-state index contributed by atoms with van der Waals surface area (Å²) in [6.45, 7) is 0. The maximum absolute atomic E-state index is 5.50. The molecule has 0 N–H and O–H groups in total. The summed E-state index contributed by atoms with van der Waals surface area (Å²) in [4.78, 5) is 8.77. The first-order valence-electron chi connectivity index (χ1n) is 10.3. The second-order valence-electron chi connectivity index (χ2n) is 7.38. The Kier molecular flexibility index (Phi) is 5.69. The second-order valence-corrected chi connectivity index (χ2v) is 7.38. The number of oxazole rings is 1. The van der Waals surface area contributed by atoms with Crippen LogP contribution < -0.4 is 0 Å². The van der Waals surface area contributed by atoms with Crippen LogP contribution in [0.4, 0.5) is 0 Å². The topological polar surface area (TPSA) is 56.7 Å². The molecule has 6 aromatic rings. The molecule has 0 unspecified atom stereocenters. The Morgan fingerprint density at radius 2 is 1.42 bits per heavy atom. The van der Waals surface area contributed by atoms with Crippen molar-refractivity contribution in [1.29, 1.82) is 0 Å². The number of aromatic nitrogens is 4. The fourth-order valence-electron chi connectivity index (χ4n) is 3.99. The molecule has 161 valence electrons. The number of para-hydroxylation sites is 1. The summed E-state index contributed by atoms with van der Waals surface area (Å²) in [6, 6.07) is 34.0. The van der Waals surface area contributed by atoms with Crippen LogP contribution in [0.2, 0.25) is 0 Å². The van der Waals surface area contributed by atoms with E-state index in [4.69, 9.17) is 4.42 Å². The molecule has 0 aliphatic carbocycles. The second kappa shape index (κ2) is 8.94. The standard InChI is InChI=1S/C27H17N4O.Ir/c1-3-8-19(9-4-1)22-12-7-13-23(20-10-5-2-6-11-20)26(22)31-27(28-17-30-31)21-14-15-24-25(16-21)32-18-29-24;/h1-13,15-18H;/q-1;. The first-order valence-corrected chi connectivity index (χ1v) is 10.3. The monoisotopic (exact) mass is 606 g/mol. The zero-order valence-corrected chi connectivity index (χ0v) is 19.7. The van der Waals surface area contributed by atoms with E-state index in [0.717, 1.165) is 39.0 Å². The number of hydrogen-bond acceptors (Lipinski definition) is 4. The number of benzene rings is 4. The molecular weight excluding hydrogens is 589 g/mol. The summed E-state index contributed by atoms with van der Waals surface area (Å²) in [5.74, 6) is 0.684. The van der Waals surface area contributed by atoms with Gasteiger partial charge in [0.15, 0.2) is 6.39 Å². The van der Waals surface area contributed by atoms with E-state index in [1.165, 1.54) is 6.39 Å². The minimum absolute atomic E-state index is 0. The van der Waals surface area contributed by atoms with Crippen molar-refractivity contribution in [2.45, 2.75) is 0 Å². The third kappa shape index (κ3) is 3.80. The van der Waals surface area contributed by atoms with Crippen LogP contribution in [-0.2, 0) is 20.1 Å². The van der Waals surface area contributed by atoms with E-state index in [9.17, 15) is 0 Å². The molecule has 33 heavy (non-hydrogen) atoms. The molecule has 0 fully saturated rings. The predicted octanol–water partition coefficient (Wildman–Crippen LogP) is 6.21. The van der Waals surface area contributed by atoms with Crippen LogP contribution in [0.5, 0.6) is 0 Å². The number of fused-ring (bicyclic) bond motifs is 1. The molecule has 1 radical (unpaired) electrons. The van der Waals surface area contributed by atoms with E-state index >= 15 is 0 Å².